The lowest BCUT2D eigenvalue weighted by atomic mass is 10.1. The number of piperidine rings is 1. The number of hydrogen-bond donors (Lipinski definition) is 0. The van der Waals surface area contributed by atoms with Gasteiger partial charge in [-0.15, -0.1) is 0 Å². The molecule has 2 heterocycles. The van der Waals surface area contributed by atoms with Crippen LogP contribution in [0.1, 0.15) is 12.8 Å². The number of amides is 1. The van der Waals surface area contributed by atoms with Crippen LogP contribution in [0.4, 0.5) is 4.39 Å². The topological polar surface area (TPSA) is 72.3 Å². The van der Waals surface area contributed by atoms with Crippen molar-refractivity contribution in [2.75, 3.05) is 13.1 Å². The predicted molar refractivity (Wildman–Crippen MR) is 111 cm³/mol. The molecule has 0 atom stereocenters. The van der Waals surface area contributed by atoms with Crippen molar-refractivity contribution < 1.29 is 17.6 Å². The van der Waals surface area contributed by atoms with Crippen molar-refractivity contribution in [2.24, 2.45) is 0 Å². The number of halogens is 1. The van der Waals surface area contributed by atoms with Gasteiger partial charge in [-0.05, 0) is 42.7 Å². The highest BCUT2D eigenvalue weighted by Crippen LogP contribution is 2.25. The van der Waals surface area contributed by atoms with Crippen molar-refractivity contribution >= 4 is 15.7 Å². The molecule has 30 heavy (non-hydrogen) atoms. The van der Waals surface area contributed by atoms with Crippen molar-refractivity contribution in [3.63, 3.8) is 0 Å². The number of aromatic nitrogens is 2. The molecule has 0 spiro atoms. The summed E-state index contributed by atoms with van der Waals surface area (Å²) in [5, 5.41) is 3.75. The number of benzene rings is 2. The standard InChI is InChI=1S/C22H22FN3O3S/c23-19-8-6-17(7-9-19)18-14-24-26(15-18)16-22(27)25-12-10-21(11-13-25)30(28,29)20-4-2-1-3-5-20/h1-9,14-15,21H,10-13,16H2. The molecule has 0 bridgehead atoms. The van der Waals surface area contributed by atoms with Gasteiger partial charge in [0.05, 0.1) is 16.3 Å². The molecule has 8 heteroatoms. The van der Waals surface area contributed by atoms with Crippen LogP contribution in [0.15, 0.2) is 71.9 Å². The molecule has 156 valence electrons. The number of likely N-dealkylation sites (tertiary alicyclic amines) is 1. The van der Waals surface area contributed by atoms with Gasteiger partial charge in [-0.2, -0.15) is 5.10 Å². The molecule has 1 saturated heterocycles. The lowest BCUT2D eigenvalue weighted by molar-refractivity contribution is -0.132. The van der Waals surface area contributed by atoms with Gasteiger partial charge < -0.3 is 4.90 Å². The number of hydrogen-bond acceptors (Lipinski definition) is 4. The molecular weight excluding hydrogens is 405 g/mol. The van der Waals surface area contributed by atoms with E-state index in [2.05, 4.69) is 5.10 Å². The molecule has 0 unspecified atom stereocenters. The SMILES string of the molecule is O=C(Cn1cc(-c2ccc(F)cc2)cn1)N1CCC(S(=O)(=O)c2ccccc2)CC1. The lowest BCUT2D eigenvalue weighted by Crippen LogP contribution is -2.43. The van der Waals surface area contributed by atoms with Crippen molar-refractivity contribution in [3.05, 3.63) is 72.8 Å². The number of carbonyl (C=O) groups is 1. The van der Waals surface area contributed by atoms with E-state index in [9.17, 15) is 17.6 Å². The van der Waals surface area contributed by atoms with Crippen LogP contribution in [-0.2, 0) is 21.2 Å². The van der Waals surface area contributed by atoms with E-state index in [1.807, 2.05) is 0 Å². The van der Waals surface area contributed by atoms with E-state index in [0.29, 0.717) is 30.8 Å². The van der Waals surface area contributed by atoms with E-state index in [4.69, 9.17) is 0 Å². The van der Waals surface area contributed by atoms with Gasteiger partial charge in [0.1, 0.15) is 12.4 Å². The molecule has 6 nitrogen and oxygen atoms in total. The van der Waals surface area contributed by atoms with Gasteiger partial charge in [0, 0.05) is 24.8 Å². The normalized spacial score (nSPS) is 15.3. The van der Waals surface area contributed by atoms with E-state index in [1.165, 1.54) is 12.1 Å². The van der Waals surface area contributed by atoms with Crippen molar-refractivity contribution in [1.29, 1.82) is 0 Å². The summed E-state index contributed by atoms with van der Waals surface area (Å²) in [7, 11) is -3.38. The fourth-order valence-corrected chi connectivity index (χ4v) is 5.45. The minimum atomic E-state index is -3.38. The molecule has 2 aromatic carbocycles. The summed E-state index contributed by atoms with van der Waals surface area (Å²) < 4.78 is 40.2. The summed E-state index contributed by atoms with van der Waals surface area (Å²) in [5.74, 6) is -0.404. The van der Waals surface area contributed by atoms with Crippen molar-refractivity contribution in [3.8, 4) is 11.1 Å². The second-order valence-corrected chi connectivity index (χ2v) is 9.60. The Balaban J connectivity index is 1.35. The van der Waals surface area contributed by atoms with Crippen molar-refractivity contribution in [1.82, 2.24) is 14.7 Å². The molecule has 1 aliphatic rings. The van der Waals surface area contributed by atoms with Gasteiger partial charge in [0.2, 0.25) is 5.91 Å². The minimum Gasteiger partial charge on any atom is -0.341 e. The molecule has 0 saturated carbocycles. The van der Waals surface area contributed by atoms with E-state index < -0.39 is 15.1 Å². The molecular formula is C22H22FN3O3S. The average molecular weight is 428 g/mol. The van der Waals surface area contributed by atoms with E-state index in [-0.39, 0.29) is 18.3 Å². The van der Waals surface area contributed by atoms with Crippen LogP contribution in [0.25, 0.3) is 11.1 Å². The number of rotatable bonds is 5. The van der Waals surface area contributed by atoms with Crippen molar-refractivity contribution in [2.45, 2.75) is 29.5 Å². The first-order valence-electron chi connectivity index (χ1n) is 9.78. The van der Waals surface area contributed by atoms with Crippen LogP contribution < -0.4 is 0 Å². The number of sulfone groups is 1. The third kappa shape index (κ3) is 4.28. The molecule has 1 fully saturated rings. The fourth-order valence-electron chi connectivity index (χ4n) is 3.70. The monoisotopic (exact) mass is 427 g/mol. The lowest BCUT2D eigenvalue weighted by Gasteiger charge is -2.31. The zero-order chi connectivity index (χ0) is 21.1. The first-order valence-corrected chi connectivity index (χ1v) is 11.3. The van der Waals surface area contributed by atoms with Crippen LogP contribution in [0, 0.1) is 5.82 Å². The summed E-state index contributed by atoms with van der Waals surface area (Å²) in [5.41, 5.74) is 1.62. The van der Waals surface area contributed by atoms with E-state index in [0.717, 1.165) is 11.1 Å². The second-order valence-electron chi connectivity index (χ2n) is 7.37. The van der Waals surface area contributed by atoms with E-state index >= 15 is 0 Å². The third-order valence-corrected chi connectivity index (χ3v) is 7.69. The molecule has 1 amide bonds. The maximum Gasteiger partial charge on any atom is 0.244 e. The molecule has 0 N–H and O–H groups in total. The van der Waals surface area contributed by atoms with Gasteiger partial charge in [-0.25, -0.2) is 12.8 Å². The first-order chi connectivity index (χ1) is 14.4. The van der Waals surface area contributed by atoms with Crippen LogP contribution >= 0.6 is 0 Å². The summed E-state index contributed by atoms with van der Waals surface area (Å²) >= 11 is 0. The Labute approximate surface area is 174 Å². The summed E-state index contributed by atoms with van der Waals surface area (Å²) in [6.07, 6.45) is 4.22. The maximum absolute atomic E-state index is 13.1. The van der Waals surface area contributed by atoms with Gasteiger partial charge in [-0.3, -0.25) is 9.48 Å². The molecule has 3 aromatic rings. The fraction of sp³-hybridized carbons (Fsp3) is 0.273. The smallest absolute Gasteiger partial charge is 0.244 e. The zero-order valence-corrected chi connectivity index (χ0v) is 17.1. The van der Waals surface area contributed by atoms with Crippen LogP contribution in [0.3, 0.4) is 0 Å². The Kier molecular flexibility index (Phi) is 5.67. The Morgan fingerprint density at radius 3 is 2.33 bits per heavy atom. The summed E-state index contributed by atoms with van der Waals surface area (Å²) in [4.78, 5) is 14.7. The highest BCUT2D eigenvalue weighted by molar-refractivity contribution is 7.92. The van der Waals surface area contributed by atoms with Gasteiger partial charge >= 0.3 is 0 Å². The molecule has 1 aliphatic heterocycles. The molecule has 0 radical (unpaired) electrons. The molecule has 1 aromatic heterocycles. The largest absolute Gasteiger partial charge is 0.341 e. The highest BCUT2D eigenvalue weighted by atomic mass is 32.2. The number of carbonyl (C=O) groups excluding carboxylic acids is 1. The average Bonchev–Trinajstić information content (AvgIpc) is 3.23. The van der Waals surface area contributed by atoms with Crippen LogP contribution in [0.2, 0.25) is 0 Å². The van der Waals surface area contributed by atoms with Crippen LogP contribution in [0.5, 0.6) is 0 Å². The Morgan fingerprint density at radius 1 is 1.00 bits per heavy atom. The second kappa shape index (κ2) is 8.39. The number of nitrogens with zero attached hydrogens (tertiary/aromatic N) is 3. The van der Waals surface area contributed by atoms with E-state index in [1.54, 1.807) is 64.4 Å². The first kappa shape index (κ1) is 20.3. The third-order valence-electron chi connectivity index (χ3n) is 5.41. The van der Waals surface area contributed by atoms with Gasteiger partial charge in [0.15, 0.2) is 9.84 Å². The maximum atomic E-state index is 13.1. The highest BCUT2D eigenvalue weighted by Gasteiger charge is 2.32. The minimum absolute atomic E-state index is 0.0807. The quantitative estimate of drug-likeness (QED) is 0.627. The Bertz CT molecular complexity index is 1120. The Hall–Kier alpha value is -3.00. The predicted octanol–water partition coefficient (Wildman–Crippen LogP) is 3.15. The molecule has 0 aliphatic carbocycles. The van der Waals surface area contributed by atoms with Gasteiger partial charge in [-0.1, -0.05) is 30.3 Å². The zero-order valence-electron chi connectivity index (χ0n) is 16.3. The molecule has 4 rings (SSSR count). The van der Waals surface area contributed by atoms with Crippen LogP contribution in [-0.4, -0.2) is 47.3 Å². The van der Waals surface area contributed by atoms with Gasteiger partial charge in [0.25, 0.3) is 0 Å². The Morgan fingerprint density at radius 2 is 1.67 bits per heavy atom. The summed E-state index contributed by atoms with van der Waals surface area (Å²) in [6, 6.07) is 14.5. The summed E-state index contributed by atoms with van der Waals surface area (Å²) in [6.45, 7) is 0.889.